The zero-order chi connectivity index (χ0) is 15.2. The van der Waals surface area contributed by atoms with E-state index in [9.17, 15) is 0 Å². The van der Waals surface area contributed by atoms with Gasteiger partial charge in [-0.1, -0.05) is 36.7 Å². The van der Waals surface area contributed by atoms with Crippen LogP contribution in [0.15, 0.2) is 42.5 Å². The van der Waals surface area contributed by atoms with Crippen molar-refractivity contribution in [3.63, 3.8) is 0 Å². The maximum absolute atomic E-state index is 5.96. The van der Waals surface area contributed by atoms with Crippen molar-refractivity contribution in [1.29, 1.82) is 0 Å². The Labute approximate surface area is 132 Å². The van der Waals surface area contributed by atoms with Gasteiger partial charge in [-0.25, -0.2) is 0 Å². The summed E-state index contributed by atoms with van der Waals surface area (Å²) in [5, 5.41) is 4.34. The van der Waals surface area contributed by atoms with Crippen molar-refractivity contribution in [2.75, 3.05) is 13.7 Å². The molecule has 0 amide bonds. The first-order chi connectivity index (χ1) is 10.1. The van der Waals surface area contributed by atoms with Gasteiger partial charge in [0.2, 0.25) is 0 Å². The van der Waals surface area contributed by atoms with E-state index in [2.05, 4.69) is 43.4 Å². The molecule has 0 aliphatic rings. The van der Waals surface area contributed by atoms with Crippen molar-refractivity contribution >= 4 is 11.6 Å². The van der Waals surface area contributed by atoms with Gasteiger partial charge >= 0.3 is 0 Å². The van der Waals surface area contributed by atoms with Crippen molar-refractivity contribution < 1.29 is 4.74 Å². The third-order valence-electron chi connectivity index (χ3n) is 3.66. The zero-order valence-electron chi connectivity index (χ0n) is 12.8. The topological polar surface area (TPSA) is 21.3 Å². The number of nitrogens with one attached hydrogen (secondary N) is 1. The Bertz CT molecular complexity index is 580. The van der Waals surface area contributed by atoms with E-state index in [1.807, 2.05) is 18.2 Å². The minimum Gasteiger partial charge on any atom is -0.497 e. The van der Waals surface area contributed by atoms with Crippen LogP contribution in [-0.2, 0) is 6.42 Å². The molecule has 0 spiro atoms. The third kappa shape index (κ3) is 4.23. The van der Waals surface area contributed by atoms with Crippen molar-refractivity contribution in [2.24, 2.45) is 0 Å². The van der Waals surface area contributed by atoms with E-state index in [0.29, 0.717) is 6.04 Å². The normalized spacial score (nSPS) is 12.2. The minimum absolute atomic E-state index is 0.294. The lowest BCUT2D eigenvalue weighted by Gasteiger charge is -2.21. The molecule has 3 heteroatoms. The van der Waals surface area contributed by atoms with Gasteiger partial charge < -0.3 is 10.1 Å². The number of rotatable bonds is 6. The lowest BCUT2D eigenvalue weighted by molar-refractivity contribution is 0.414. The highest BCUT2D eigenvalue weighted by molar-refractivity contribution is 6.30. The highest BCUT2D eigenvalue weighted by Crippen LogP contribution is 2.25. The molecule has 0 heterocycles. The minimum atomic E-state index is 0.294. The standard InChI is InChI=1S/C18H22ClNO/c1-4-20-18(12-14-5-7-15(19)8-6-14)17-10-9-16(21-3)11-13(17)2/h5-11,18,20H,4,12H2,1-3H3. The molecule has 0 saturated carbocycles. The number of ether oxygens (including phenoxy) is 1. The van der Waals surface area contributed by atoms with E-state index in [-0.39, 0.29) is 0 Å². The average molecular weight is 304 g/mol. The summed E-state index contributed by atoms with van der Waals surface area (Å²) in [7, 11) is 1.70. The fourth-order valence-corrected chi connectivity index (χ4v) is 2.69. The van der Waals surface area contributed by atoms with Crippen LogP contribution in [0.5, 0.6) is 5.75 Å². The van der Waals surface area contributed by atoms with Crippen LogP contribution in [0.4, 0.5) is 0 Å². The van der Waals surface area contributed by atoms with Gasteiger partial charge in [0.05, 0.1) is 7.11 Å². The molecule has 112 valence electrons. The monoisotopic (exact) mass is 303 g/mol. The van der Waals surface area contributed by atoms with Crippen LogP contribution in [0.25, 0.3) is 0 Å². The third-order valence-corrected chi connectivity index (χ3v) is 3.91. The van der Waals surface area contributed by atoms with Gasteiger partial charge in [-0.3, -0.25) is 0 Å². The van der Waals surface area contributed by atoms with Crippen molar-refractivity contribution in [2.45, 2.75) is 26.3 Å². The van der Waals surface area contributed by atoms with Crippen LogP contribution >= 0.6 is 11.6 Å². The summed E-state index contributed by atoms with van der Waals surface area (Å²) < 4.78 is 5.29. The van der Waals surface area contributed by atoms with Gasteiger partial charge in [0.15, 0.2) is 0 Å². The summed E-state index contributed by atoms with van der Waals surface area (Å²) >= 11 is 5.96. The average Bonchev–Trinajstić information content (AvgIpc) is 2.49. The van der Waals surface area contributed by atoms with E-state index in [1.54, 1.807) is 7.11 Å². The maximum atomic E-state index is 5.96. The molecule has 0 saturated heterocycles. The van der Waals surface area contributed by atoms with Gasteiger partial charge in [-0.05, 0) is 60.8 Å². The molecule has 2 nitrogen and oxygen atoms in total. The second-order valence-corrected chi connectivity index (χ2v) is 5.60. The first-order valence-corrected chi connectivity index (χ1v) is 7.64. The highest BCUT2D eigenvalue weighted by Gasteiger charge is 2.14. The van der Waals surface area contributed by atoms with Crippen LogP contribution in [0.2, 0.25) is 5.02 Å². The maximum Gasteiger partial charge on any atom is 0.119 e. The second kappa shape index (κ2) is 7.48. The molecule has 0 radical (unpaired) electrons. The first kappa shape index (κ1) is 15.9. The van der Waals surface area contributed by atoms with Crippen molar-refractivity contribution in [3.8, 4) is 5.75 Å². The molecule has 0 aromatic heterocycles. The van der Waals surface area contributed by atoms with Crippen LogP contribution in [0, 0.1) is 6.92 Å². The molecule has 1 unspecified atom stereocenters. The molecule has 0 aliphatic carbocycles. The molecule has 0 bridgehead atoms. The molecule has 2 rings (SSSR count). The van der Waals surface area contributed by atoms with Gasteiger partial charge in [-0.15, -0.1) is 0 Å². The summed E-state index contributed by atoms with van der Waals surface area (Å²) in [4.78, 5) is 0. The summed E-state index contributed by atoms with van der Waals surface area (Å²) in [5.74, 6) is 0.901. The molecule has 0 aliphatic heterocycles. The fourth-order valence-electron chi connectivity index (χ4n) is 2.56. The number of hydrogen-bond donors (Lipinski definition) is 1. The highest BCUT2D eigenvalue weighted by atomic mass is 35.5. The molecule has 21 heavy (non-hydrogen) atoms. The van der Waals surface area contributed by atoms with Crippen LogP contribution < -0.4 is 10.1 Å². The zero-order valence-corrected chi connectivity index (χ0v) is 13.6. The van der Waals surface area contributed by atoms with Gasteiger partial charge in [-0.2, -0.15) is 0 Å². The summed E-state index contributed by atoms with van der Waals surface area (Å²) in [6, 6.07) is 14.6. The van der Waals surface area contributed by atoms with Crippen LogP contribution in [0.1, 0.15) is 29.7 Å². The lowest BCUT2D eigenvalue weighted by atomic mass is 9.95. The molecule has 1 N–H and O–H groups in total. The van der Waals surface area contributed by atoms with Gasteiger partial charge in [0.25, 0.3) is 0 Å². The Morgan fingerprint density at radius 2 is 1.86 bits per heavy atom. The lowest BCUT2D eigenvalue weighted by Crippen LogP contribution is -2.23. The summed E-state index contributed by atoms with van der Waals surface area (Å²) in [5.41, 5.74) is 3.84. The number of benzene rings is 2. The predicted molar refractivity (Wildman–Crippen MR) is 89.3 cm³/mol. The predicted octanol–water partition coefficient (Wildman–Crippen LogP) is 4.55. The Morgan fingerprint density at radius 1 is 1.14 bits per heavy atom. The van der Waals surface area contributed by atoms with E-state index in [1.165, 1.54) is 16.7 Å². The molecule has 1 atom stereocenters. The van der Waals surface area contributed by atoms with E-state index in [4.69, 9.17) is 16.3 Å². The molecule has 2 aromatic rings. The van der Waals surface area contributed by atoms with Crippen molar-refractivity contribution in [3.05, 3.63) is 64.2 Å². The fraction of sp³-hybridized carbons (Fsp3) is 0.333. The van der Waals surface area contributed by atoms with Crippen LogP contribution in [0.3, 0.4) is 0 Å². The summed E-state index contributed by atoms with van der Waals surface area (Å²) in [6.07, 6.45) is 0.943. The Hall–Kier alpha value is -1.51. The first-order valence-electron chi connectivity index (χ1n) is 7.26. The van der Waals surface area contributed by atoms with E-state index >= 15 is 0 Å². The van der Waals surface area contributed by atoms with Crippen LogP contribution in [-0.4, -0.2) is 13.7 Å². The molecule has 0 fully saturated rings. The SMILES string of the molecule is CCNC(Cc1ccc(Cl)cc1)c1ccc(OC)cc1C. The number of methoxy groups -OCH3 is 1. The Morgan fingerprint density at radius 3 is 2.43 bits per heavy atom. The van der Waals surface area contributed by atoms with Gasteiger partial charge in [0.1, 0.15) is 5.75 Å². The number of halogens is 1. The molecular weight excluding hydrogens is 282 g/mol. The largest absolute Gasteiger partial charge is 0.497 e. The number of hydrogen-bond acceptors (Lipinski definition) is 2. The van der Waals surface area contributed by atoms with E-state index in [0.717, 1.165) is 23.7 Å². The number of likely N-dealkylation sites (N-methyl/N-ethyl adjacent to an activating group) is 1. The number of aryl methyl sites for hydroxylation is 1. The van der Waals surface area contributed by atoms with E-state index < -0.39 is 0 Å². The molecule has 2 aromatic carbocycles. The quantitative estimate of drug-likeness (QED) is 0.845. The second-order valence-electron chi connectivity index (χ2n) is 5.16. The smallest absolute Gasteiger partial charge is 0.119 e. The Kier molecular flexibility index (Phi) is 5.66. The van der Waals surface area contributed by atoms with Crippen molar-refractivity contribution in [1.82, 2.24) is 5.32 Å². The Balaban J connectivity index is 2.24. The van der Waals surface area contributed by atoms with Gasteiger partial charge in [0, 0.05) is 11.1 Å². The summed E-state index contributed by atoms with van der Waals surface area (Å²) in [6.45, 7) is 5.20. The molecular formula is C18H22ClNO.